The molecule has 2 rings (SSSR count). The van der Waals surface area contributed by atoms with Crippen LogP contribution < -0.4 is 5.32 Å². The fourth-order valence-corrected chi connectivity index (χ4v) is 3.77. The molecule has 0 bridgehead atoms. The van der Waals surface area contributed by atoms with Crippen LogP contribution in [0.15, 0.2) is 48.5 Å². The van der Waals surface area contributed by atoms with Gasteiger partial charge in [-0.05, 0) is 36.6 Å². The zero-order chi connectivity index (χ0) is 20.5. The molecular formula is C22H27FN2O2S. The lowest BCUT2D eigenvalue weighted by Gasteiger charge is -2.30. The Bertz CT molecular complexity index is 778. The molecule has 2 amide bonds. The van der Waals surface area contributed by atoms with E-state index in [0.717, 1.165) is 16.9 Å². The summed E-state index contributed by atoms with van der Waals surface area (Å²) in [7, 11) is 1.57. The Balaban J connectivity index is 2.07. The normalized spacial score (nSPS) is 11.7. The number of carbonyl (C=O) groups is 2. The zero-order valence-corrected chi connectivity index (χ0v) is 17.4. The first-order valence-electron chi connectivity index (χ1n) is 9.33. The van der Waals surface area contributed by atoms with Crippen LogP contribution >= 0.6 is 11.8 Å². The van der Waals surface area contributed by atoms with Gasteiger partial charge in [0.25, 0.3) is 0 Å². The number of amides is 2. The fourth-order valence-electron chi connectivity index (χ4n) is 2.90. The number of likely N-dealkylation sites (N-methyl/N-ethyl adjacent to an activating group) is 1. The van der Waals surface area contributed by atoms with E-state index in [2.05, 4.69) is 29.6 Å². The number of halogens is 1. The largest absolute Gasteiger partial charge is 0.357 e. The average molecular weight is 403 g/mol. The van der Waals surface area contributed by atoms with E-state index in [1.54, 1.807) is 24.1 Å². The molecular weight excluding hydrogens is 375 g/mol. The molecule has 1 unspecified atom stereocenters. The van der Waals surface area contributed by atoms with Gasteiger partial charge in [-0.3, -0.25) is 9.59 Å². The molecule has 0 radical (unpaired) electrons. The third-order valence-electron chi connectivity index (χ3n) is 4.51. The Kier molecular flexibility index (Phi) is 8.51. The highest BCUT2D eigenvalue weighted by Gasteiger charge is 2.27. The van der Waals surface area contributed by atoms with E-state index in [4.69, 9.17) is 0 Å². The first-order valence-corrected chi connectivity index (χ1v) is 10.5. The smallest absolute Gasteiger partial charge is 0.242 e. The van der Waals surface area contributed by atoms with Crippen LogP contribution in [0, 0.1) is 12.7 Å². The number of nitrogens with zero attached hydrogens (tertiary/aromatic N) is 1. The van der Waals surface area contributed by atoms with Gasteiger partial charge in [-0.25, -0.2) is 4.39 Å². The third-order valence-corrected chi connectivity index (χ3v) is 5.50. The molecule has 0 aliphatic carbocycles. The van der Waals surface area contributed by atoms with E-state index in [9.17, 15) is 14.0 Å². The Labute approximate surface area is 170 Å². The van der Waals surface area contributed by atoms with Gasteiger partial charge in [0.1, 0.15) is 11.9 Å². The van der Waals surface area contributed by atoms with Gasteiger partial charge in [0.05, 0.1) is 5.75 Å². The van der Waals surface area contributed by atoms with Gasteiger partial charge in [-0.15, -0.1) is 11.8 Å². The predicted octanol–water partition coefficient (Wildman–Crippen LogP) is 3.92. The molecule has 0 spiro atoms. The van der Waals surface area contributed by atoms with Crippen molar-refractivity contribution in [2.45, 2.75) is 38.6 Å². The highest BCUT2D eigenvalue weighted by molar-refractivity contribution is 7.99. The molecule has 0 aromatic heterocycles. The van der Waals surface area contributed by atoms with Crippen molar-refractivity contribution in [1.29, 1.82) is 0 Å². The summed E-state index contributed by atoms with van der Waals surface area (Å²) in [5.74, 6) is 0.391. The fraction of sp³-hybridized carbons (Fsp3) is 0.364. The van der Waals surface area contributed by atoms with Gasteiger partial charge in [-0.2, -0.15) is 0 Å². The molecule has 0 fully saturated rings. The maximum absolute atomic E-state index is 13.2. The van der Waals surface area contributed by atoms with E-state index >= 15 is 0 Å². The van der Waals surface area contributed by atoms with Crippen molar-refractivity contribution in [3.63, 3.8) is 0 Å². The lowest BCUT2D eigenvalue weighted by molar-refractivity contribution is -0.139. The quantitative estimate of drug-likeness (QED) is 0.692. The summed E-state index contributed by atoms with van der Waals surface area (Å²) in [6, 6.07) is 13.7. The van der Waals surface area contributed by atoms with Crippen molar-refractivity contribution in [1.82, 2.24) is 10.2 Å². The molecule has 28 heavy (non-hydrogen) atoms. The van der Waals surface area contributed by atoms with E-state index < -0.39 is 6.04 Å². The van der Waals surface area contributed by atoms with E-state index in [0.29, 0.717) is 6.42 Å². The van der Waals surface area contributed by atoms with Crippen LogP contribution in [0.1, 0.15) is 30.0 Å². The summed E-state index contributed by atoms with van der Waals surface area (Å²) >= 11 is 1.53. The second-order valence-electron chi connectivity index (χ2n) is 6.66. The molecule has 0 heterocycles. The molecule has 0 saturated heterocycles. The number of rotatable bonds is 9. The van der Waals surface area contributed by atoms with Crippen LogP contribution in [-0.4, -0.2) is 35.6 Å². The van der Waals surface area contributed by atoms with Crippen molar-refractivity contribution in [3.8, 4) is 0 Å². The number of aryl methyl sites for hydroxylation is 1. The van der Waals surface area contributed by atoms with Crippen LogP contribution in [0.2, 0.25) is 0 Å². The van der Waals surface area contributed by atoms with Crippen molar-refractivity contribution < 1.29 is 14.0 Å². The van der Waals surface area contributed by atoms with Gasteiger partial charge in [-0.1, -0.05) is 48.9 Å². The number of benzene rings is 2. The van der Waals surface area contributed by atoms with Crippen LogP contribution in [0.25, 0.3) is 0 Å². The molecule has 0 saturated carbocycles. The first kappa shape index (κ1) is 22.0. The second kappa shape index (κ2) is 10.9. The lowest BCUT2D eigenvalue weighted by Crippen LogP contribution is -2.48. The molecule has 1 atom stereocenters. The second-order valence-corrected chi connectivity index (χ2v) is 7.65. The Morgan fingerprint density at radius 2 is 1.68 bits per heavy atom. The summed E-state index contributed by atoms with van der Waals surface area (Å²) in [6.45, 7) is 4.19. The predicted molar refractivity (Wildman–Crippen MR) is 112 cm³/mol. The van der Waals surface area contributed by atoms with Gasteiger partial charge in [0.15, 0.2) is 0 Å². The van der Waals surface area contributed by atoms with Gasteiger partial charge in [0, 0.05) is 19.3 Å². The SMILES string of the molecule is CCC(C(=O)NC)N(Cc1ccc(F)cc1)C(=O)CSCc1ccc(C)cc1. The molecule has 2 aromatic carbocycles. The topological polar surface area (TPSA) is 49.4 Å². The molecule has 4 nitrogen and oxygen atoms in total. The standard InChI is InChI=1S/C22H27FN2O2S/c1-4-20(22(27)24-3)25(13-17-9-11-19(23)12-10-17)21(26)15-28-14-18-7-5-16(2)6-8-18/h5-12,20H,4,13-15H2,1-3H3,(H,24,27). The highest BCUT2D eigenvalue weighted by atomic mass is 32.2. The maximum atomic E-state index is 13.2. The van der Waals surface area contributed by atoms with Crippen LogP contribution in [0.3, 0.4) is 0 Å². The lowest BCUT2D eigenvalue weighted by atomic mass is 10.1. The van der Waals surface area contributed by atoms with E-state index in [1.165, 1.54) is 29.5 Å². The summed E-state index contributed by atoms with van der Waals surface area (Å²) in [5, 5.41) is 2.63. The minimum absolute atomic E-state index is 0.100. The van der Waals surface area contributed by atoms with Crippen LogP contribution in [-0.2, 0) is 21.9 Å². The monoisotopic (exact) mass is 402 g/mol. The summed E-state index contributed by atoms with van der Waals surface area (Å²) < 4.78 is 13.2. The summed E-state index contributed by atoms with van der Waals surface area (Å²) in [4.78, 5) is 26.8. The number of hydrogen-bond acceptors (Lipinski definition) is 3. The molecule has 2 aromatic rings. The molecule has 0 aliphatic heterocycles. The zero-order valence-electron chi connectivity index (χ0n) is 16.6. The summed E-state index contributed by atoms with van der Waals surface area (Å²) in [5.41, 5.74) is 3.15. The highest BCUT2D eigenvalue weighted by Crippen LogP contribution is 2.18. The first-order chi connectivity index (χ1) is 13.4. The average Bonchev–Trinajstić information content (AvgIpc) is 2.70. The van der Waals surface area contributed by atoms with E-state index in [-0.39, 0.29) is 29.9 Å². The molecule has 6 heteroatoms. The molecule has 0 aliphatic rings. The van der Waals surface area contributed by atoms with Crippen molar-refractivity contribution in [2.24, 2.45) is 0 Å². The third kappa shape index (κ3) is 6.37. The van der Waals surface area contributed by atoms with Crippen molar-refractivity contribution in [2.75, 3.05) is 12.8 Å². The van der Waals surface area contributed by atoms with Crippen molar-refractivity contribution >= 4 is 23.6 Å². The maximum Gasteiger partial charge on any atom is 0.242 e. The summed E-state index contributed by atoms with van der Waals surface area (Å²) in [6.07, 6.45) is 0.509. The Morgan fingerprint density at radius 3 is 2.25 bits per heavy atom. The number of thioether (sulfide) groups is 1. The Hall–Kier alpha value is -2.34. The number of carbonyl (C=O) groups excluding carboxylic acids is 2. The number of hydrogen-bond donors (Lipinski definition) is 1. The molecule has 150 valence electrons. The van der Waals surface area contributed by atoms with Gasteiger partial charge < -0.3 is 10.2 Å². The van der Waals surface area contributed by atoms with Crippen LogP contribution in [0.4, 0.5) is 4.39 Å². The van der Waals surface area contributed by atoms with Gasteiger partial charge in [0.2, 0.25) is 11.8 Å². The van der Waals surface area contributed by atoms with Crippen LogP contribution in [0.5, 0.6) is 0 Å². The Morgan fingerprint density at radius 1 is 1.07 bits per heavy atom. The van der Waals surface area contributed by atoms with Gasteiger partial charge >= 0.3 is 0 Å². The minimum Gasteiger partial charge on any atom is -0.357 e. The van der Waals surface area contributed by atoms with E-state index in [1.807, 2.05) is 13.8 Å². The molecule has 1 N–H and O–H groups in total. The number of nitrogens with one attached hydrogen (secondary N) is 1. The van der Waals surface area contributed by atoms with Crippen molar-refractivity contribution in [3.05, 3.63) is 71.0 Å². The minimum atomic E-state index is -0.553.